The highest BCUT2D eigenvalue weighted by molar-refractivity contribution is 8.00. The molecule has 3 nitrogen and oxygen atoms in total. The molecule has 1 aromatic rings. The van der Waals surface area contributed by atoms with E-state index in [0.717, 1.165) is 37.5 Å². The zero-order valence-electron chi connectivity index (χ0n) is 11.6. The Labute approximate surface area is 128 Å². The van der Waals surface area contributed by atoms with E-state index in [-0.39, 0.29) is 11.3 Å². The maximum Gasteiger partial charge on any atom is 0.233 e. The van der Waals surface area contributed by atoms with Crippen LogP contribution in [-0.2, 0) is 11.2 Å². The number of rotatable bonds is 5. The molecule has 2 aliphatic heterocycles. The molecule has 0 aliphatic carbocycles. The Hall–Kier alpha value is -0.810. The number of carbonyl (C=O) groups excluding carboxylic acids is 1. The molecule has 20 heavy (non-hydrogen) atoms. The smallest absolute Gasteiger partial charge is 0.233 e. The predicted octanol–water partition coefficient (Wildman–Crippen LogP) is 2.95. The summed E-state index contributed by atoms with van der Waals surface area (Å²) >= 11 is 3.58. The first-order valence-electron chi connectivity index (χ1n) is 6.95. The van der Waals surface area contributed by atoms with E-state index in [0.29, 0.717) is 5.75 Å². The van der Waals surface area contributed by atoms with Crippen molar-refractivity contribution in [1.82, 2.24) is 4.90 Å². The van der Waals surface area contributed by atoms with Gasteiger partial charge in [0, 0.05) is 13.0 Å². The SMILES string of the molecule is CSCCCN1C(=O)CSC1c1ccc2c(c1)CCO2. The van der Waals surface area contributed by atoms with Gasteiger partial charge in [-0.1, -0.05) is 6.07 Å². The average molecular weight is 309 g/mol. The molecule has 0 N–H and O–H groups in total. The molecule has 0 saturated carbocycles. The number of hydrogen-bond acceptors (Lipinski definition) is 4. The Morgan fingerprint density at radius 1 is 1.50 bits per heavy atom. The highest BCUT2D eigenvalue weighted by Gasteiger charge is 2.32. The summed E-state index contributed by atoms with van der Waals surface area (Å²) in [6, 6.07) is 6.39. The van der Waals surface area contributed by atoms with E-state index in [4.69, 9.17) is 4.74 Å². The molecule has 2 aliphatic rings. The van der Waals surface area contributed by atoms with Crippen molar-refractivity contribution in [2.45, 2.75) is 18.2 Å². The Morgan fingerprint density at radius 2 is 2.40 bits per heavy atom. The third-order valence-electron chi connectivity index (χ3n) is 3.71. The molecule has 0 radical (unpaired) electrons. The molecule has 0 spiro atoms. The van der Waals surface area contributed by atoms with E-state index in [1.54, 1.807) is 11.8 Å². The fourth-order valence-electron chi connectivity index (χ4n) is 2.71. The third-order valence-corrected chi connectivity index (χ3v) is 5.67. The fourth-order valence-corrected chi connectivity index (χ4v) is 4.34. The van der Waals surface area contributed by atoms with Crippen LogP contribution >= 0.6 is 23.5 Å². The monoisotopic (exact) mass is 309 g/mol. The second kappa shape index (κ2) is 6.31. The number of hydrogen-bond donors (Lipinski definition) is 0. The topological polar surface area (TPSA) is 29.5 Å². The van der Waals surface area contributed by atoms with Crippen LogP contribution in [0.2, 0.25) is 0 Å². The molecule has 1 unspecified atom stereocenters. The molecule has 5 heteroatoms. The molecular weight excluding hydrogens is 290 g/mol. The van der Waals surface area contributed by atoms with E-state index in [1.807, 2.05) is 16.7 Å². The molecule has 1 atom stereocenters. The van der Waals surface area contributed by atoms with Crippen molar-refractivity contribution in [3.63, 3.8) is 0 Å². The number of amides is 1. The quantitative estimate of drug-likeness (QED) is 0.782. The van der Waals surface area contributed by atoms with Crippen LogP contribution in [-0.4, -0.2) is 41.7 Å². The first-order chi connectivity index (χ1) is 9.79. The van der Waals surface area contributed by atoms with Crippen LogP contribution in [0.1, 0.15) is 22.9 Å². The van der Waals surface area contributed by atoms with Gasteiger partial charge in [-0.2, -0.15) is 11.8 Å². The van der Waals surface area contributed by atoms with Gasteiger partial charge in [0.1, 0.15) is 11.1 Å². The average Bonchev–Trinajstić information content (AvgIpc) is 3.05. The molecular formula is C15H19NO2S2. The number of thioether (sulfide) groups is 2. The molecule has 0 aromatic heterocycles. The second-order valence-electron chi connectivity index (χ2n) is 5.06. The summed E-state index contributed by atoms with van der Waals surface area (Å²) < 4.78 is 5.55. The van der Waals surface area contributed by atoms with Crippen LogP contribution in [0.25, 0.3) is 0 Å². The number of carbonyl (C=O) groups is 1. The maximum absolute atomic E-state index is 12.1. The number of benzene rings is 1. The lowest BCUT2D eigenvalue weighted by molar-refractivity contribution is -0.128. The van der Waals surface area contributed by atoms with Crippen LogP contribution in [0.15, 0.2) is 18.2 Å². The van der Waals surface area contributed by atoms with Crippen molar-refractivity contribution < 1.29 is 9.53 Å². The number of ether oxygens (including phenoxy) is 1. The lowest BCUT2D eigenvalue weighted by Gasteiger charge is -2.24. The Bertz CT molecular complexity index is 507. The standard InChI is InChI=1S/C15H19NO2S2/c1-19-8-2-6-16-14(17)10-20-15(16)12-3-4-13-11(9-12)5-7-18-13/h3-4,9,15H,2,5-8,10H2,1H3. The molecule has 0 bridgehead atoms. The van der Waals surface area contributed by atoms with Gasteiger partial charge in [0.2, 0.25) is 5.91 Å². The van der Waals surface area contributed by atoms with Crippen molar-refractivity contribution in [2.24, 2.45) is 0 Å². The maximum atomic E-state index is 12.1. The van der Waals surface area contributed by atoms with E-state index in [2.05, 4.69) is 24.5 Å². The largest absolute Gasteiger partial charge is 0.493 e. The predicted molar refractivity (Wildman–Crippen MR) is 85.6 cm³/mol. The molecule has 2 heterocycles. The Kier molecular flexibility index (Phi) is 4.46. The van der Waals surface area contributed by atoms with E-state index in [9.17, 15) is 4.79 Å². The Balaban J connectivity index is 1.75. The fraction of sp³-hybridized carbons (Fsp3) is 0.533. The summed E-state index contributed by atoms with van der Waals surface area (Å²) in [4.78, 5) is 14.1. The van der Waals surface area contributed by atoms with Gasteiger partial charge in [-0.3, -0.25) is 4.79 Å². The minimum absolute atomic E-state index is 0.190. The minimum Gasteiger partial charge on any atom is -0.493 e. The van der Waals surface area contributed by atoms with Crippen LogP contribution in [0.4, 0.5) is 0 Å². The van der Waals surface area contributed by atoms with Gasteiger partial charge in [0.05, 0.1) is 12.4 Å². The summed E-state index contributed by atoms with van der Waals surface area (Å²) in [5.41, 5.74) is 2.53. The molecule has 1 aromatic carbocycles. The Morgan fingerprint density at radius 3 is 3.25 bits per heavy atom. The summed E-state index contributed by atoms with van der Waals surface area (Å²) in [6.45, 7) is 1.65. The summed E-state index contributed by atoms with van der Waals surface area (Å²) in [6.07, 6.45) is 4.16. The zero-order chi connectivity index (χ0) is 13.9. The molecule has 108 valence electrons. The van der Waals surface area contributed by atoms with Gasteiger partial charge in [0.15, 0.2) is 0 Å². The van der Waals surface area contributed by atoms with E-state index >= 15 is 0 Å². The third kappa shape index (κ3) is 2.79. The molecule has 1 fully saturated rings. The van der Waals surface area contributed by atoms with E-state index < -0.39 is 0 Å². The summed E-state index contributed by atoms with van der Waals surface area (Å²) in [7, 11) is 0. The molecule has 3 rings (SSSR count). The zero-order valence-corrected chi connectivity index (χ0v) is 13.3. The minimum atomic E-state index is 0.190. The van der Waals surface area contributed by atoms with E-state index in [1.165, 1.54) is 11.1 Å². The van der Waals surface area contributed by atoms with Gasteiger partial charge in [-0.25, -0.2) is 0 Å². The number of fused-ring (bicyclic) bond motifs is 1. The van der Waals surface area contributed by atoms with Gasteiger partial charge in [0.25, 0.3) is 0 Å². The lowest BCUT2D eigenvalue weighted by Crippen LogP contribution is -2.29. The normalized spacial score (nSPS) is 21.1. The van der Waals surface area contributed by atoms with Crippen LogP contribution < -0.4 is 4.74 Å². The van der Waals surface area contributed by atoms with Crippen molar-refractivity contribution in [3.05, 3.63) is 29.3 Å². The van der Waals surface area contributed by atoms with Crippen LogP contribution in [0.3, 0.4) is 0 Å². The van der Waals surface area contributed by atoms with Gasteiger partial charge >= 0.3 is 0 Å². The van der Waals surface area contributed by atoms with Crippen molar-refractivity contribution >= 4 is 29.4 Å². The van der Waals surface area contributed by atoms with Crippen LogP contribution in [0.5, 0.6) is 5.75 Å². The first kappa shape index (κ1) is 14.1. The number of nitrogens with zero attached hydrogens (tertiary/aromatic N) is 1. The summed E-state index contributed by atoms with van der Waals surface area (Å²) in [5.74, 6) is 3.01. The van der Waals surface area contributed by atoms with Crippen LogP contribution in [0, 0.1) is 0 Å². The highest BCUT2D eigenvalue weighted by atomic mass is 32.2. The van der Waals surface area contributed by atoms with Gasteiger partial charge in [-0.15, -0.1) is 11.8 Å². The molecule has 1 amide bonds. The molecule has 1 saturated heterocycles. The van der Waals surface area contributed by atoms with Gasteiger partial charge in [-0.05, 0) is 41.7 Å². The van der Waals surface area contributed by atoms with Crippen molar-refractivity contribution in [2.75, 3.05) is 30.9 Å². The van der Waals surface area contributed by atoms with Gasteiger partial charge < -0.3 is 9.64 Å². The highest BCUT2D eigenvalue weighted by Crippen LogP contribution is 2.40. The van der Waals surface area contributed by atoms with Crippen molar-refractivity contribution in [1.29, 1.82) is 0 Å². The second-order valence-corrected chi connectivity index (χ2v) is 7.12. The van der Waals surface area contributed by atoms with Crippen molar-refractivity contribution in [3.8, 4) is 5.75 Å². The first-order valence-corrected chi connectivity index (χ1v) is 9.39. The lowest BCUT2D eigenvalue weighted by atomic mass is 10.1. The summed E-state index contributed by atoms with van der Waals surface area (Å²) in [5, 5.41) is 0.190.